The first kappa shape index (κ1) is 10.8. The Morgan fingerprint density at radius 2 is 2.14 bits per heavy atom. The minimum Gasteiger partial charge on any atom is -0.478 e. The molecule has 0 amide bonds. The van der Waals surface area contributed by atoms with E-state index in [1.54, 1.807) is 6.92 Å². The molecule has 0 aliphatic carbocycles. The average Bonchev–Trinajstić information content (AvgIpc) is 1.35. The fraction of sp³-hybridized carbons (Fsp3) is 0.250. The quantitative estimate of drug-likeness (QED) is 0.403. The Balaban J connectivity index is 0. The topological polar surface area (TPSA) is 37.3 Å². The van der Waals surface area contributed by atoms with Crippen molar-refractivity contribution in [3.05, 3.63) is 12.2 Å². The Bertz CT molecular complexity index is 77.8. The van der Waals surface area contributed by atoms with Gasteiger partial charge in [-0.1, -0.05) is 6.08 Å². The summed E-state index contributed by atoms with van der Waals surface area (Å²) in [4.78, 5) is 9.51. The molecule has 0 atom stereocenters. The van der Waals surface area contributed by atoms with E-state index in [9.17, 15) is 4.79 Å². The van der Waals surface area contributed by atoms with Crippen LogP contribution in [-0.2, 0) is 4.79 Å². The van der Waals surface area contributed by atoms with Gasteiger partial charge >= 0.3 is 5.97 Å². The predicted octanol–water partition coefficient (Wildman–Crippen LogP) is 0.266. The molecular weight excluding hydrogens is 119 g/mol. The molecule has 7 heavy (non-hydrogen) atoms. The van der Waals surface area contributed by atoms with E-state index in [0.29, 0.717) is 0 Å². The standard InChI is InChI=1S/C4H6O2.K/c1-2-3-4(5)6;/h2-3H,1H3,(H,5,6);. The van der Waals surface area contributed by atoms with Crippen LogP contribution in [-0.4, -0.2) is 62.5 Å². The van der Waals surface area contributed by atoms with Crippen LogP contribution in [0.2, 0.25) is 0 Å². The maximum absolute atomic E-state index is 9.51. The molecule has 0 spiro atoms. The van der Waals surface area contributed by atoms with E-state index in [1.807, 2.05) is 0 Å². The van der Waals surface area contributed by atoms with E-state index < -0.39 is 5.97 Å². The first-order valence-corrected chi connectivity index (χ1v) is 1.63. The largest absolute Gasteiger partial charge is 0.478 e. The van der Waals surface area contributed by atoms with Crippen molar-refractivity contribution in [1.82, 2.24) is 0 Å². The molecule has 35 valence electrons. The molecule has 0 saturated carbocycles. The zero-order valence-electron chi connectivity index (χ0n) is 4.51. The Hall–Kier alpha value is 0.846. The van der Waals surface area contributed by atoms with Gasteiger partial charge in [-0.25, -0.2) is 4.79 Å². The summed E-state index contributed by atoms with van der Waals surface area (Å²) in [7, 11) is 0. The van der Waals surface area contributed by atoms with Crippen LogP contribution < -0.4 is 0 Å². The molecule has 0 unspecified atom stereocenters. The van der Waals surface area contributed by atoms with E-state index >= 15 is 0 Å². The van der Waals surface area contributed by atoms with Gasteiger partial charge in [-0.3, -0.25) is 0 Å². The number of aliphatic carboxylic acids is 1. The maximum atomic E-state index is 9.51. The van der Waals surface area contributed by atoms with E-state index in [4.69, 9.17) is 5.11 Å². The fourth-order valence-corrected chi connectivity index (χ4v) is 0.143. The summed E-state index contributed by atoms with van der Waals surface area (Å²) in [6.45, 7) is 1.66. The summed E-state index contributed by atoms with van der Waals surface area (Å²) in [5.41, 5.74) is 0. The van der Waals surface area contributed by atoms with Crippen LogP contribution in [0.15, 0.2) is 12.2 Å². The summed E-state index contributed by atoms with van der Waals surface area (Å²) >= 11 is 0. The third-order valence-corrected chi connectivity index (χ3v) is 0.309. The summed E-state index contributed by atoms with van der Waals surface area (Å²) in [6, 6.07) is 0. The van der Waals surface area contributed by atoms with Crippen molar-refractivity contribution in [2.75, 3.05) is 0 Å². The number of hydrogen-bond donors (Lipinski definition) is 1. The number of allylic oxidation sites excluding steroid dienone is 1. The Morgan fingerprint density at radius 3 is 2.14 bits per heavy atom. The van der Waals surface area contributed by atoms with Gasteiger partial charge in [0.1, 0.15) is 0 Å². The van der Waals surface area contributed by atoms with Crippen LogP contribution in [0, 0.1) is 0 Å². The molecule has 0 bridgehead atoms. The molecule has 0 aliphatic heterocycles. The van der Waals surface area contributed by atoms with Gasteiger partial charge in [0.25, 0.3) is 0 Å². The van der Waals surface area contributed by atoms with Gasteiger partial charge in [-0.05, 0) is 6.92 Å². The fourth-order valence-electron chi connectivity index (χ4n) is 0.143. The van der Waals surface area contributed by atoms with Crippen molar-refractivity contribution >= 4 is 57.4 Å². The van der Waals surface area contributed by atoms with E-state index in [2.05, 4.69) is 0 Å². The molecule has 0 aliphatic rings. The zero-order chi connectivity index (χ0) is 4.99. The minimum absolute atomic E-state index is 0. The summed E-state index contributed by atoms with van der Waals surface area (Å²) in [5.74, 6) is -0.891. The molecule has 0 aromatic heterocycles. The second kappa shape index (κ2) is 6.85. The third kappa shape index (κ3) is 10.9. The number of carbonyl (C=O) groups is 1. The van der Waals surface area contributed by atoms with Gasteiger partial charge in [0.2, 0.25) is 0 Å². The number of carboxylic acids is 1. The molecule has 0 saturated heterocycles. The van der Waals surface area contributed by atoms with Crippen molar-refractivity contribution in [1.29, 1.82) is 0 Å². The summed E-state index contributed by atoms with van der Waals surface area (Å²) in [6.07, 6.45) is 2.56. The molecule has 1 radical (unpaired) electrons. The van der Waals surface area contributed by atoms with Crippen LogP contribution in [0.1, 0.15) is 6.92 Å². The molecule has 2 nitrogen and oxygen atoms in total. The van der Waals surface area contributed by atoms with Gasteiger partial charge in [-0.15, -0.1) is 0 Å². The summed E-state index contributed by atoms with van der Waals surface area (Å²) < 4.78 is 0. The average molecular weight is 125 g/mol. The molecule has 1 N–H and O–H groups in total. The van der Waals surface area contributed by atoms with Gasteiger partial charge in [0, 0.05) is 57.5 Å². The molecular formula is C4H6KO2. The van der Waals surface area contributed by atoms with Crippen LogP contribution >= 0.6 is 0 Å². The molecule has 0 aromatic rings. The van der Waals surface area contributed by atoms with Crippen molar-refractivity contribution in [3.63, 3.8) is 0 Å². The SMILES string of the molecule is CC=CC(=O)O.[K]. The first-order chi connectivity index (χ1) is 2.77. The van der Waals surface area contributed by atoms with E-state index in [1.165, 1.54) is 6.08 Å². The first-order valence-electron chi connectivity index (χ1n) is 1.63. The molecule has 3 heteroatoms. The second-order valence-electron chi connectivity index (χ2n) is 0.838. The van der Waals surface area contributed by atoms with Crippen LogP contribution in [0.25, 0.3) is 0 Å². The summed E-state index contributed by atoms with van der Waals surface area (Å²) in [5, 5.41) is 7.83. The smallest absolute Gasteiger partial charge is 0.327 e. The molecule has 0 rings (SSSR count). The maximum Gasteiger partial charge on any atom is 0.327 e. The zero-order valence-corrected chi connectivity index (χ0v) is 7.63. The predicted molar refractivity (Wildman–Crippen MR) is 28.2 cm³/mol. The Labute approximate surface area is 85.0 Å². The molecule has 0 heterocycles. The Kier molecular flexibility index (Phi) is 10.5. The third-order valence-electron chi connectivity index (χ3n) is 0.309. The van der Waals surface area contributed by atoms with Gasteiger partial charge in [-0.2, -0.15) is 0 Å². The van der Waals surface area contributed by atoms with Crippen LogP contribution in [0.5, 0.6) is 0 Å². The number of carboxylic acid groups (broad SMARTS) is 1. The Morgan fingerprint density at radius 1 is 1.71 bits per heavy atom. The monoisotopic (exact) mass is 125 g/mol. The molecule has 0 aromatic carbocycles. The number of hydrogen-bond acceptors (Lipinski definition) is 1. The van der Waals surface area contributed by atoms with Crippen molar-refractivity contribution < 1.29 is 9.90 Å². The van der Waals surface area contributed by atoms with Crippen molar-refractivity contribution in [2.45, 2.75) is 6.92 Å². The van der Waals surface area contributed by atoms with Crippen LogP contribution in [0.4, 0.5) is 0 Å². The van der Waals surface area contributed by atoms with Gasteiger partial charge in [0.15, 0.2) is 0 Å². The second-order valence-corrected chi connectivity index (χ2v) is 0.838. The number of rotatable bonds is 1. The van der Waals surface area contributed by atoms with Crippen molar-refractivity contribution in [2.24, 2.45) is 0 Å². The van der Waals surface area contributed by atoms with Gasteiger partial charge in [0.05, 0.1) is 0 Å². The van der Waals surface area contributed by atoms with E-state index in [-0.39, 0.29) is 51.4 Å². The van der Waals surface area contributed by atoms with E-state index in [0.717, 1.165) is 6.08 Å². The minimum atomic E-state index is -0.891. The van der Waals surface area contributed by atoms with Crippen LogP contribution in [0.3, 0.4) is 0 Å². The normalized spacial score (nSPS) is 8.14. The van der Waals surface area contributed by atoms with Crippen molar-refractivity contribution in [3.8, 4) is 0 Å². The van der Waals surface area contributed by atoms with Gasteiger partial charge < -0.3 is 5.11 Å². The molecule has 0 fully saturated rings.